The molecule has 0 bridgehead atoms. The summed E-state index contributed by atoms with van der Waals surface area (Å²) >= 11 is 0. The molecule has 358 valence electrons. The van der Waals surface area contributed by atoms with Crippen LogP contribution in [-0.4, -0.2) is 19.1 Å². The normalized spacial score (nSPS) is 13.7. The molecule has 10 aromatic carbocycles. The molecule has 3 aromatic heterocycles. The van der Waals surface area contributed by atoms with Gasteiger partial charge in [-0.2, -0.15) is 5.26 Å². The van der Waals surface area contributed by atoms with Crippen LogP contribution < -0.4 is 0 Å². The second kappa shape index (κ2) is 16.2. The summed E-state index contributed by atoms with van der Waals surface area (Å²) in [6, 6.07) is 83.0. The first kappa shape index (κ1) is 43.9. The molecule has 13 aromatic rings. The first-order chi connectivity index (χ1) is 37.2. The number of para-hydroxylation sites is 2. The molecule has 3 heterocycles. The van der Waals surface area contributed by atoms with Crippen molar-refractivity contribution in [3.05, 3.63) is 252 Å². The van der Waals surface area contributed by atoms with E-state index in [0.29, 0.717) is 11.4 Å². The van der Waals surface area contributed by atoms with Crippen molar-refractivity contribution in [3.8, 4) is 84.7 Å². The van der Waals surface area contributed by atoms with Crippen LogP contribution in [0.2, 0.25) is 0 Å². The van der Waals surface area contributed by atoms with Gasteiger partial charge in [0.1, 0.15) is 0 Å². The van der Waals surface area contributed by atoms with E-state index in [-0.39, 0.29) is 10.8 Å². The highest BCUT2D eigenvalue weighted by atomic mass is 15.0. The number of aromatic nitrogens is 4. The molecule has 0 aliphatic heterocycles. The van der Waals surface area contributed by atoms with Gasteiger partial charge in [-0.3, -0.25) is 0 Å². The second-order valence-electron chi connectivity index (χ2n) is 21.5. The van der Waals surface area contributed by atoms with E-state index in [2.05, 4.69) is 231 Å². The fourth-order valence-corrected chi connectivity index (χ4v) is 13.5. The lowest BCUT2D eigenvalue weighted by Crippen LogP contribution is -2.15. The number of nitriles is 1. The standard InChI is InChI=1S/C71H49N5/c1-70(2)53-31-15-11-26-46(53)48-37-39-61-65(67(48)70)51-28-13-17-33-57(51)75(61)59-35-19-25-45(42-72)63(59)64-50(56-41-55(43-21-7-5-8-22-43)73-69(74-56)44-23-9-6-10-24-44)30-20-36-60(64)76-58-34-18-14-29-52(58)66-62(76)40-38-49-47-27-12-16-32-54(47)71(3,4)68(49)66/h5-41H,1-4H3. The maximum absolute atomic E-state index is 11.7. The molecule has 5 nitrogen and oxygen atoms in total. The summed E-state index contributed by atoms with van der Waals surface area (Å²) in [5.74, 6) is 0.621. The first-order valence-electron chi connectivity index (χ1n) is 26.2. The lowest BCUT2D eigenvalue weighted by molar-refractivity contribution is 0.666. The van der Waals surface area contributed by atoms with Crippen molar-refractivity contribution in [2.75, 3.05) is 0 Å². The molecule has 2 aliphatic rings. The summed E-state index contributed by atoms with van der Waals surface area (Å²) in [7, 11) is 0. The van der Waals surface area contributed by atoms with E-state index in [9.17, 15) is 5.26 Å². The van der Waals surface area contributed by atoms with Crippen LogP contribution in [0.25, 0.3) is 122 Å². The quantitative estimate of drug-likeness (QED) is 0.167. The number of benzene rings is 10. The fraction of sp³-hybridized carbons (Fsp3) is 0.0845. The summed E-state index contributed by atoms with van der Waals surface area (Å²) in [5, 5.41) is 16.5. The third-order valence-electron chi connectivity index (χ3n) is 16.7. The van der Waals surface area contributed by atoms with Crippen molar-refractivity contribution in [1.29, 1.82) is 5.26 Å². The number of hydrogen-bond donors (Lipinski definition) is 0. The van der Waals surface area contributed by atoms with Crippen molar-refractivity contribution >= 4 is 43.6 Å². The Labute approximate surface area is 441 Å². The first-order valence-corrected chi connectivity index (χ1v) is 26.2. The highest BCUT2D eigenvalue weighted by molar-refractivity contribution is 6.17. The molecular weight excluding hydrogens is 923 g/mol. The van der Waals surface area contributed by atoms with E-state index < -0.39 is 0 Å². The lowest BCUT2D eigenvalue weighted by atomic mass is 9.80. The number of rotatable bonds is 6. The molecule has 5 heteroatoms. The number of nitrogens with zero attached hydrogens (tertiary/aromatic N) is 5. The van der Waals surface area contributed by atoms with Gasteiger partial charge in [-0.1, -0.05) is 204 Å². The second-order valence-corrected chi connectivity index (χ2v) is 21.5. The molecule has 0 unspecified atom stereocenters. The minimum absolute atomic E-state index is 0.260. The largest absolute Gasteiger partial charge is 0.309 e. The molecule has 0 saturated heterocycles. The van der Waals surface area contributed by atoms with Gasteiger partial charge in [-0.25, -0.2) is 9.97 Å². The van der Waals surface area contributed by atoms with Crippen molar-refractivity contribution in [2.24, 2.45) is 0 Å². The van der Waals surface area contributed by atoms with Crippen LogP contribution in [-0.2, 0) is 10.8 Å². The van der Waals surface area contributed by atoms with Gasteiger partial charge in [0, 0.05) is 60.2 Å². The van der Waals surface area contributed by atoms with Gasteiger partial charge in [0.05, 0.1) is 56.5 Å². The summed E-state index contributed by atoms with van der Waals surface area (Å²) < 4.78 is 4.88. The van der Waals surface area contributed by atoms with Crippen LogP contribution in [0.3, 0.4) is 0 Å². The highest BCUT2D eigenvalue weighted by Crippen LogP contribution is 2.56. The Morgan fingerprint density at radius 3 is 1.41 bits per heavy atom. The van der Waals surface area contributed by atoms with E-state index in [1.54, 1.807) is 0 Å². The molecule has 0 saturated carbocycles. The number of fused-ring (bicyclic) bond motifs is 14. The van der Waals surface area contributed by atoms with Gasteiger partial charge >= 0.3 is 0 Å². The van der Waals surface area contributed by atoms with Gasteiger partial charge in [-0.15, -0.1) is 0 Å². The molecule has 2 aliphatic carbocycles. The van der Waals surface area contributed by atoms with Crippen LogP contribution >= 0.6 is 0 Å². The molecule has 0 radical (unpaired) electrons. The fourth-order valence-electron chi connectivity index (χ4n) is 13.5. The Morgan fingerprint density at radius 2 is 0.842 bits per heavy atom. The SMILES string of the molecule is CC1(C)c2ccccc2-c2ccc3c(c21)c1ccccc1n3-c1cccc(C#N)c1-c1c(-c2cc(-c3ccccc3)nc(-c3ccccc3)n2)cccc1-n1c2ccccc2c2c3c(ccc21)-c1ccccc1C3(C)C. The Balaban J connectivity index is 1.10. The Hall–Kier alpha value is -9.63. The predicted octanol–water partition coefficient (Wildman–Crippen LogP) is 17.8. The molecule has 0 fully saturated rings. The zero-order valence-electron chi connectivity index (χ0n) is 42.6. The molecule has 0 spiro atoms. The summed E-state index contributed by atoms with van der Waals surface area (Å²) in [5.41, 5.74) is 22.7. The maximum atomic E-state index is 11.7. The third-order valence-corrected chi connectivity index (χ3v) is 16.7. The van der Waals surface area contributed by atoms with Crippen molar-refractivity contribution in [2.45, 2.75) is 38.5 Å². The van der Waals surface area contributed by atoms with E-state index in [0.717, 1.165) is 72.6 Å². The van der Waals surface area contributed by atoms with Crippen molar-refractivity contribution in [1.82, 2.24) is 19.1 Å². The zero-order valence-corrected chi connectivity index (χ0v) is 42.6. The van der Waals surface area contributed by atoms with Crippen LogP contribution in [0.15, 0.2) is 224 Å². The highest BCUT2D eigenvalue weighted by Gasteiger charge is 2.40. The molecule has 0 atom stereocenters. The van der Waals surface area contributed by atoms with Gasteiger partial charge in [0.25, 0.3) is 0 Å². The van der Waals surface area contributed by atoms with Crippen molar-refractivity contribution in [3.63, 3.8) is 0 Å². The minimum atomic E-state index is -0.263. The smallest absolute Gasteiger partial charge is 0.160 e. The molecule has 15 rings (SSSR count). The Kier molecular flexibility index (Phi) is 9.35. The van der Waals surface area contributed by atoms with E-state index in [1.165, 1.54) is 66.1 Å². The van der Waals surface area contributed by atoms with Crippen LogP contribution in [0.5, 0.6) is 0 Å². The number of hydrogen-bond acceptors (Lipinski definition) is 3. The van der Waals surface area contributed by atoms with Crippen LogP contribution in [0.4, 0.5) is 0 Å². The predicted molar refractivity (Wildman–Crippen MR) is 312 cm³/mol. The Morgan fingerprint density at radius 1 is 0.382 bits per heavy atom. The van der Waals surface area contributed by atoms with Crippen molar-refractivity contribution < 1.29 is 0 Å². The minimum Gasteiger partial charge on any atom is -0.309 e. The van der Waals surface area contributed by atoms with Gasteiger partial charge in [-0.05, 0) is 93.0 Å². The van der Waals surface area contributed by atoms with Gasteiger partial charge in [0.2, 0.25) is 0 Å². The Bertz CT molecular complexity index is 4580. The molecule has 76 heavy (non-hydrogen) atoms. The molecule has 0 N–H and O–H groups in total. The maximum Gasteiger partial charge on any atom is 0.160 e. The van der Waals surface area contributed by atoms with Crippen LogP contribution in [0, 0.1) is 11.3 Å². The average Bonchev–Trinajstić information content (AvgIpc) is 4.35. The van der Waals surface area contributed by atoms with E-state index in [4.69, 9.17) is 9.97 Å². The summed E-state index contributed by atoms with van der Waals surface area (Å²) in [6.45, 7) is 9.47. The van der Waals surface area contributed by atoms with E-state index in [1.807, 2.05) is 36.4 Å². The molecular formula is C71H49N5. The van der Waals surface area contributed by atoms with Gasteiger partial charge < -0.3 is 9.13 Å². The zero-order chi connectivity index (χ0) is 51.0. The average molecular weight is 972 g/mol. The topological polar surface area (TPSA) is 59.4 Å². The van der Waals surface area contributed by atoms with Gasteiger partial charge in [0.15, 0.2) is 5.82 Å². The lowest BCUT2D eigenvalue weighted by Gasteiger charge is -2.24. The summed E-state index contributed by atoms with van der Waals surface area (Å²) in [6.07, 6.45) is 0. The summed E-state index contributed by atoms with van der Waals surface area (Å²) in [4.78, 5) is 10.8. The monoisotopic (exact) mass is 971 g/mol. The molecule has 0 amide bonds. The van der Waals surface area contributed by atoms with Crippen LogP contribution in [0.1, 0.15) is 55.5 Å². The van der Waals surface area contributed by atoms with E-state index >= 15 is 0 Å². The third kappa shape index (κ3) is 6.07.